The molecule has 1 aromatic heterocycles. The van der Waals surface area contributed by atoms with Crippen molar-refractivity contribution in [2.24, 2.45) is 0 Å². The van der Waals surface area contributed by atoms with E-state index >= 15 is 0 Å². The summed E-state index contributed by atoms with van der Waals surface area (Å²) >= 11 is 0. The number of hydrogen-bond donors (Lipinski definition) is 2. The van der Waals surface area contributed by atoms with Crippen LogP contribution >= 0.6 is 0 Å². The SMILES string of the molecule is C/C=C\C(C)c1cc(C(=O)NCCOc2cccc(C(C)C)c2)c(=O)[nH]n1. The summed E-state index contributed by atoms with van der Waals surface area (Å²) in [4.78, 5) is 24.2. The van der Waals surface area contributed by atoms with Crippen LogP contribution < -0.4 is 15.6 Å². The van der Waals surface area contributed by atoms with Crippen LogP contribution in [0.2, 0.25) is 0 Å². The van der Waals surface area contributed by atoms with E-state index in [1.165, 1.54) is 11.6 Å². The lowest BCUT2D eigenvalue weighted by Gasteiger charge is -2.11. The number of rotatable bonds is 8. The van der Waals surface area contributed by atoms with Crippen molar-refractivity contribution in [1.29, 1.82) is 0 Å². The molecule has 0 aliphatic rings. The number of H-pyrrole nitrogens is 1. The molecule has 0 fully saturated rings. The first-order valence-electron chi connectivity index (χ1n) is 9.15. The fourth-order valence-corrected chi connectivity index (χ4v) is 2.60. The molecule has 0 radical (unpaired) electrons. The molecule has 27 heavy (non-hydrogen) atoms. The quantitative estimate of drug-likeness (QED) is 0.552. The molecule has 2 aromatic rings. The fourth-order valence-electron chi connectivity index (χ4n) is 2.60. The van der Waals surface area contributed by atoms with Crippen LogP contribution in [0.1, 0.15) is 61.1 Å². The Balaban J connectivity index is 1.93. The zero-order valence-electron chi connectivity index (χ0n) is 16.3. The molecule has 1 unspecified atom stereocenters. The van der Waals surface area contributed by atoms with Crippen LogP contribution in [0.4, 0.5) is 0 Å². The van der Waals surface area contributed by atoms with E-state index in [2.05, 4.69) is 35.4 Å². The van der Waals surface area contributed by atoms with Gasteiger partial charge in [0, 0.05) is 5.92 Å². The summed E-state index contributed by atoms with van der Waals surface area (Å²) in [7, 11) is 0. The molecule has 1 amide bonds. The van der Waals surface area contributed by atoms with E-state index in [0.29, 0.717) is 24.8 Å². The Morgan fingerprint density at radius 3 is 2.78 bits per heavy atom. The van der Waals surface area contributed by atoms with Gasteiger partial charge in [0.1, 0.15) is 17.9 Å². The molecular weight excluding hydrogens is 342 g/mol. The normalized spacial score (nSPS) is 12.3. The molecule has 1 atom stereocenters. The number of carbonyl (C=O) groups is 1. The molecule has 1 aromatic carbocycles. The highest BCUT2D eigenvalue weighted by molar-refractivity contribution is 5.93. The number of nitrogens with zero attached hydrogens (tertiary/aromatic N) is 1. The molecule has 0 bridgehead atoms. The predicted molar refractivity (Wildman–Crippen MR) is 106 cm³/mol. The maximum Gasteiger partial charge on any atom is 0.277 e. The van der Waals surface area contributed by atoms with Crippen LogP contribution in [0.5, 0.6) is 5.75 Å². The lowest BCUT2D eigenvalue weighted by molar-refractivity contribution is 0.0945. The number of ether oxygens (including phenoxy) is 1. The third-order valence-corrected chi connectivity index (χ3v) is 4.20. The van der Waals surface area contributed by atoms with Crippen LogP contribution in [0.15, 0.2) is 47.3 Å². The van der Waals surface area contributed by atoms with Crippen molar-refractivity contribution < 1.29 is 9.53 Å². The maximum absolute atomic E-state index is 12.3. The topological polar surface area (TPSA) is 84.1 Å². The van der Waals surface area contributed by atoms with Crippen molar-refractivity contribution >= 4 is 5.91 Å². The number of allylic oxidation sites excluding steroid dienone is 2. The van der Waals surface area contributed by atoms with Crippen molar-refractivity contribution in [1.82, 2.24) is 15.5 Å². The van der Waals surface area contributed by atoms with Crippen molar-refractivity contribution in [3.63, 3.8) is 0 Å². The van der Waals surface area contributed by atoms with Crippen LogP contribution in [-0.4, -0.2) is 29.3 Å². The fraction of sp³-hybridized carbons (Fsp3) is 0.381. The summed E-state index contributed by atoms with van der Waals surface area (Å²) in [6.45, 7) is 8.71. The van der Waals surface area contributed by atoms with Gasteiger partial charge >= 0.3 is 0 Å². The molecule has 0 spiro atoms. The smallest absolute Gasteiger partial charge is 0.277 e. The molecule has 0 saturated heterocycles. The largest absolute Gasteiger partial charge is 0.492 e. The zero-order valence-corrected chi connectivity index (χ0v) is 16.3. The summed E-state index contributed by atoms with van der Waals surface area (Å²) < 4.78 is 5.69. The van der Waals surface area contributed by atoms with Gasteiger partial charge in [-0.25, -0.2) is 5.10 Å². The Kier molecular flexibility index (Phi) is 7.34. The van der Waals surface area contributed by atoms with Crippen LogP contribution in [0, 0.1) is 0 Å². The monoisotopic (exact) mass is 369 g/mol. The average Bonchev–Trinajstić information content (AvgIpc) is 2.65. The number of amides is 1. The van der Waals surface area contributed by atoms with E-state index < -0.39 is 11.5 Å². The highest BCUT2D eigenvalue weighted by Gasteiger charge is 2.14. The second-order valence-electron chi connectivity index (χ2n) is 6.68. The number of aromatic nitrogens is 2. The van der Waals surface area contributed by atoms with Crippen LogP contribution in [0.3, 0.4) is 0 Å². The van der Waals surface area contributed by atoms with E-state index in [4.69, 9.17) is 4.74 Å². The van der Waals surface area contributed by atoms with E-state index in [1.54, 1.807) is 0 Å². The first-order valence-corrected chi connectivity index (χ1v) is 9.15. The Morgan fingerprint density at radius 1 is 1.30 bits per heavy atom. The lowest BCUT2D eigenvalue weighted by Crippen LogP contribution is -2.33. The lowest BCUT2D eigenvalue weighted by atomic mass is 10.0. The zero-order chi connectivity index (χ0) is 19.8. The molecule has 0 aliphatic carbocycles. The molecule has 2 rings (SSSR count). The molecule has 6 heteroatoms. The number of benzene rings is 1. The number of aromatic amines is 1. The van der Waals surface area contributed by atoms with E-state index in [9.17, 15) is 9.59 Å². The third-order valence-electron chi connectivity index (χ3n) is 4.20. The molecule has 2 N–H and O–H groups in total. The number of nitrogens with one attached hydrogen (secondary N) is 2. The summed E-state index contributed by atoms with van der Waals surface area (Å²) in [5, 5.41) is 9.11. The highest BCUT2D eigenvalue weighted by atomic mass is 16.5. The molecule has 0 saturated carbocycles. The van der Waals surface area contributed by atoms with Gasteiger partial charge in [0.15, 0.2) is 0 Å². The van der Waals surface area contributed by atoms with Gasteiger partial charge < -0.3 is 10.1 Å². The van der Waals surface area contributed by atoms with Crippen molar-refractivity contribution in [3.05, 3.63) is 69.7 Å². The third kappa shape index (κ3) is 5.81. The Morgan fingerprint density at radius 2 is 2.07 bits per heavy atom. The molecule has 144 valence electrons. The van der Waals surface area contributed by atoms with Gasteiger partial charge in [-0.2, -0.15) is 5.10 Å². The van der Waals surface area contributed by atoms with Gasteiger partial charge in [0.2, 0.25) is 0 Å². The van der Waals surface area contributed by atoms with Crippen molar-refractivity contribution in [2.75, 3.05) is 13.2 Å². The predicted octanol–water partition coefficient (Wildman–Crippen LogP) is 3.38. The standard InChI is InChI=1S/C21H27N3O3/c1-5-7-15(4)19-13-18(21(26)24-23-19)20(25)22-10-11-27-17-9-6-8-16(12-17)14(2)3/h5-9,12-15H,10-11H2,1-4H3,(H,22,25)(H,24,26)/b7-5-. The van der Waals surface area contributed by atoms with Crippen LogP contribution in [0.25, 0.3) is 0 Å². The molecule has 6 nitrogen and oxygen atoms in total. The van der Waals surface area contributed by atoms with Crippen molar-refractivity contribution in [3.8, 4) is 5.75 Å². The maximum atomic E-state index is 12.3. The van der Waals surface area contributed by atoms with E-state index in [0.717, 1.165) is 5.75 Å². The minimum absolute atomic E-state index is 0.00923. The first kappa shape index (κ1) is 20.4. The highest BCUT2D eigenvalue weighted by Crippen LogP contribution is 2.20. The van der Waals surface area contributed by atoms with Crippen molar-refractivity contribution in [2.45, 2.75) is 39.5 Å². The van der Waals surface area contributed by atoms with Gasteiger partial charge in [-0.3, -0.25) is 9.59 Å². The number of hydrogen-bond acceptors (Lipinski definition) is 4. The van der Waals surface area contributed by atoms with Gasteiger partial charge in [-0.15, -0.1) is 0 Å². The minimum Gasteiger partial charge on any atom is -0.492 e. The second-order valence-corrected chi connectivity index (χ2v) is 6.68. The average molecular weight is 369 g/mol. The van der Waals surface area contributed by atoms with Gasteiger partial charge in [-0.05, 0) is 36.6 Å². The first-order chi connectivity index (χ1) is 12.9. The molecule has 0 aliphatic heterocycles. The van der Waals surface area contributed by atoms with Gasteiger partial charge in [0.25, 0.3) is 11.5 Å². The van der Waals surface area contributed by atoms with E-state index in [-0.39, 0.29) is 11.5 Å². The summed E-state index contributed by atoms with van der Waals surface area (Å²) in [6, 6.07) is 9.42. The second kappa shape index (κ2) is 9.71. The Bertz CT molecular complexity index is 856. The van der Waals surface area contributed by atoms with Gasteiger partial charge in [-0.1, -0.05) is 45.1 Å². The Hall–Kier alpha value is -2.89. The minimum atomic E-state index is -0.505. The summed E-state index contributed by atoms with van der Waals surface area (Å²) in [5.41, 5.74) is 1.38. The van der Waals surface area contributed by atoms with Gasteiger partial charge in [0.05, 0.1) is 12.2 Å². The Labute approximate surface area is 159 Å². The number of carbonyl (C=O) groups excluding carboxylic acids is 1. The van der Waals surface area contributed by atoms with Crippen LogP contribution in [-0.2, 0) is 0 Å². The summed E-state index contributed by atoms with van der Waals surface area (Å²) in [6.07, 6.45) is 3.85. The molecule has 1 heterocycles. The molecular formula is C21H27N3O3. The van der Waals surface area contributed by atoms with E-state index in [1.807, 2.05) is 44.2 Å². The summed E-state index contributed by atoms with van der Waals surface area (Å²) in [5.74, 6) is 0.757.